The summed E-state index contributed by atoms with van der Waals surface area (Å²) in [5, 5.41) is 3.56. The summed E-state index contributed by atoms with van der Waals surface area (Å²) in [5.41, 5.74) is 2.37. The molecule has 0 aliphatic carbocycles. The van der Waals surface area contributed by atoms with E-state index in [4.69, 9.17) is 0 Å². The van der Waals surface area contributed by atoms with Crippen LogP contribution in [0.4, 0.5) is 4.39 Å². The van der Waals surface area contributed by atoms with E-state index >= 15 is 0 Å². The van der Waals surface area contributed by atoms with Crippen LogP contribution in [0.3, 0.4) is 0 Å². The summed E-state index contributed by atoms with van der Waals surface area (Å²) in [6, 6.07) is 17.7. The zero-order valence-electron chi connectivity index (χ0n) is 12.0. The first kappa shape index (κ1) is 14.7. The summed E-state index contributed by atoms with van der Waals surface area (Å²) >= 11 is 0. The molecule has 106 valence electrons. The van der Waals surface area contributed by atoms with Gasteiger partial charge in [-0.2, -0.15) is 0 Å². The fourth-order valence-corrected chi connectivity index (χ4v) is 2.41. The fraction of sp³-hybridized carbons (Fsp3) is 0.333. The van der Waals surface area contributed by atoms with Crippen LogP contribution in [0.15, 0.2) is 54.6 Å². The van der Waals surface area contributed by atoms with Gasteiger partial charge in [-0.25, -0.2) is 4.39 Å². The highest BCUT2D eigenvalue weighted by Crippen LogP contribution is 2.11. The van der Waals surface area contributed by atoms with Gasteiger partial charge in [-0.1, -0.05) is 49.4 Å². The van der Waals surface area contributed by atoms with Crippen LogP contribution in [0.2, 0.25) is 0 Å². The molecule has 1 atom stereocenters. The third-order valence-electron chi connectivity index (χ3n) is 3.38. The average Bonchev–Trinajstić information content (AvgIpc) is 2.46. The molecule has 1 N–H and O–H groups in total. The Balaban J connectivity index is 2.03. The zero-order valence-corrected chi connectivity index (χ0v) is 12.0. The number of halogens is 1. The molecule has 0 radical (unpaired) electrons. The largest absolute Gasteiger partial charge is 0.313 e. The lowest BCUT2D eigenvalue weighted by molar-refractivity contribution is 0.503. The first-order valence-electron chi connectivity index (χ1n) is 7.29. The molecule has 1 unspecified atom stereocenters. The lowest BCUT2D eigenvalue weighted by Gasteiger charge is -2.19. The Morgan fingerprint density at radius 1 is 0.950 bits per heavy atom. The van der Waals surface area contributed by atoms with Crippen LogP contribution in [-0.2, 0) is 12.8 Å². The van der Waals surface area contributed by atoms with E-state index in [1.165, 1.54) is 11.6 Å². The summed E-state index contributed by atoms with van der Waals surface area (Å²) in [7, 11) is 0. The Kier molecular flexibility index (Phi) is 5.75. The standard InChI is InChI=1S/C18H22FN/c1-2-11-20-18(13-15-7-4-3-5-8-15)14-16-9-6-10-17(19)12-16/h3-10,12,18,20H,2,11,13-14H2,1H3. The van der Waals surface area contributed by atoms with Gasteiger partial charge in [0.25, 0.3) is 0 Å². The highest BCUT2D eigenvalue weighted by atomic mass is 19.1. The van der Waals surface area contributed by atoms with Gasteiger partial charge in [0.2, 0.25) is 0 Å². The van der Waals surface area contributed by atoms with E-state index in [1.807, 2.05) is 12.1 Å². The van der Waals surface area contributed by atoms with Crippen LogP contribution < -0.4 is 5.32 Å². The number of benzene rings is 2. The van der Waals surface area contributed by atoms with Crippen molar-refractivity contribution in [2.75, 3.05) is 6.54 Å². The molecule has 0 aromatic heterocycles. The van der Waals surface area contributed by atoms with E-state index in [9.17, 15) is 4.39 Å². The first-order chi connectivity index (χ1) is 9.78. The molecule has 0 bridgehead atoms. The van der Waals surface area contributed by atoms with Gasteiger partial charge in [0, 0.05) is 6.04 Å². The maximum absolute atomic E-state index is 13.3. The Labute approximate surface area is 120 Å². The van der Waals surface area contributed by atoms with Crippen LogP contribution in [0.1, 0.15) is 24.5 Å². The molecule has 0 spiro atoms. The number of hydrogen-bond donors (Lipinski definition) is 1. The summed E-state index contributed by atoms with van der Waals surface area (Å²) < 4.78 is 13.3. The lowest BCUT2D eigenvalue weighted by Crippen LogP contribution is -2.33. The van der Waals surface area contributed by atoms with Gasteiger partial charge in [-0.15, -0.1) is 0 Å². The molecule has 0 aliphatic heterocycles. The van der Waals surface area contributed by atoms with E-state index in [0.29, 0.717) is 6.04 Å². The molecule has 0 saturated carbocycles. The van der Waals surface area contributed by atoms with Crippen molar-refractivity contribution in [3.8, 4) is 0 Å². The molecule has 20 heavy (non-hydrogen) atoms. The molecule has 1 nitrogen and oxygen atoms in total. The molecular formula is C18H22FN. The number of nitrogens with one attached hydrogen (secondary N) is 1. The predicted octanol–water partition coefficient (Wildman–Crippen LogP) is 3.98. The van der Waals surface area contributed by atoms with Gasteiger partial charge in [0.1, 0.15) is 5.82 Å². The number of hydrogen-bond acceptors (Lipinski definition) is 1. The molecule has 0 saturated heterocycles. The van der Waals surface area contributed by atoms with E-state index in [0.717, 1.165) is 31.4 Å². The van der Waals surface area contributed by atoms with E-state index in [-0.39, 0.29) is 5.82 Å². The van der Waals surface area contributed by atoms with Gasteiger partial charge >= 0.3 is 0 Å². The van der Waals surface area contributed by atoms with Crippen molar-refractivity contribution in [3.63, 3.8) is 0 Å². The molecular weight excluding hydrogens is 249 g/mol. The molecule has 0 amide bonds. The smallest absolute Gasteiger partial charge is 0.123 e. The van der Waals surface area contributed by atoms with Gasteiger partial charge in [-0.05, 0) is 49.1 Å². The van der Waals surface area contributed by atoms with Crippen molar-refractivity contribution in [3.05, 3.63) is 71.5 Å². The second kappa shape index (κ2) is 7.81. The highest BCUT2D eigenvalue weighted by molar-refractivity contribution is 5.20. The molecule has 2 rings (SSSR count). The lowest BCUT2D eigenvalue weighted by atomic mass is 9.99. The SMILES string of the molecule is CCCNC(Cc1ccccc1)Cc1cccc(F)c1. The van der Waals surface area contributed by atoms with Gasteiger partial charge < -0.3 is 5.32 Å². The Morgan fingerprint density at radius 3 is 2.35 bits per heavy atom. The van der Waals surface area contributed by atoms with Crippen molar-refractivity contribution < 1.29 is 4.39 Å². The molecule has 2 aromatic carbocycles. The van der Waals surface area contributed by atoms with Gasteiger partial charge in [-0.3, -0.25) is 0 Å². The van der Waals surface area contributed by atoms with Gasteiger partial charge in [0.15, 0.2) is 0 Å². The van der Waals surface area contributed by atoms with Crippen molar-refractivity contribution in [1.29, 1.82) is 0 Å². The Hall–Kier alpha value is -1.67. The van der Waals surface area contributed by atoms with Crippen LogP contribution in [0, 0.1) is 5.82 Å². The third-order valence-corrected chi connectivity index (χ3v) is 3.38. The molecule has 0 aliphatic rings. The normalized spacial score (nSPS) is 12.3. The monoisotopic (exact) mass is 271 g/mol. The summed E-state index contributed by atoms with van der Waals surface area (Å²) in [6.45, 7) is 3.15. The minimum absolute atomic E-state index is 0.156. The van der Waals surface area contributed by atoms with Gasteiger partial charge in [0.05, 0.1) is 0 Å². The van der Waals surface area contributed by atoms with E-state index in [2.05, 4.69) is 36.5 Å². The molecule has 2 aromatic rings. The Morgan fingerprint density at radius 2 is 1.65 bits per heavy atom. The second-order valence-corrected chi connectivity index (χ2v) is 5.17. The van der Waals surface area contributed by atoms with E-state index < -0.39 is 0 Å². The zero-order chi connectivity index (χ0) is 14.2. The molecule has 2 heteroatoms. The van der Waals surface area contributed by atoms with Crippen molar-refractivity contribution in [1.82, 2.24) is 5.32 Å². The topological polar surface area (TPSA) is 12.0 Å². The fourth-order valence-electron chi connectivity index (χ4n) is 2.41. The second-order valence-electron chi connectivity index (χ2n) is 5.17. The van der Waals surface area contributed by atoms with Crippen molar-refractivity contribution in [2.24, 2.45) is 0 Å². The maximum atomic E-state index is 13.3. The quantitative estimate of drug-likeness (QED) is 0.803. The molecule has 0 fully saturated rings. The minimum Gasteiger partial charge on any atom is -0.313 e. The maximum Gasteiger partial charge on any atom is 0.123 e. The first-order valence-corrected chi connectivity index (χ1v) is 7.29. The van der Waals surface area contributed by atoms with Crippen LogP contribution >= 0.6 is 0 Å². The Bertz CT molecular complexity index is 510. The van der Waals surface area contributed by atoms with Crippen molar-refractivity contribution in [2.45, 2.75) is 32.2 Å². The van der Waals surface area contributed by atoms with Crippen LogP contribution in [0.5, 0.6) is 0 Å². The molecule has 0 heterocycles. The van der Waals surface area contributed by atoms with Crippen LogP contribution in [-0.4, -0.2) is 12.6 Å². The average molecular weight is 271 g/mol. The van der Waals surface area contributed by atoms with Crippen LogP contribution in [0.25, 0.3) is 0 Å². The summed E-state index contributed by atoms with van der Waals surface area (Å²) in [6.07, 6.45) is 2.93. The van der Waals surface area contributed by atoms with Crippen molar-refractivity contribution >= 4 is 0 Å². The van der Waals surface area contributed by atoms with E-state index in [1.54, 1.807) is 12.1 Å². The summed E-state index contributed by atoms with van der Waals surface area (Å²) in [4.78, 5) is 0. The summed E-state index contributed by atoms with van der Waals surface area (Å²) in [5.74, 6) is -0.156. The third kappa shape index (κ3) is 4.78. The number of rotatable bonds is 7. The minimum atomic E-state index is -0.156. The predicted molar refractivity (Wildman–Crippen MR) is 82.3 cm³/mol. The highest BCUT2D eigenvalue weighted by Gasteiger charge is 2.10.